The van der Waals surface area contributed by atoms with Gasteiger partial charge in [0.05, 0.1) is 6.61 Å². The second kappa shape index (κ2) is 9.16. The van der Waals surface area contributed by atoms with Gasteiger partial charge in [0.1, 0.15) is 5.75 Å². The van der Waals surface area contributed by atoms with Gasteiger partial charge < -0.3 is 14.5 Å². The number of para-hydroxylation sites is 1. The van der Waals surface area contributed by atoms with E-state index in [-0.39, 0.29) is 11.8 Å². The van der Waals surface area contributed by atoms with E-state index >= 15 is 0 Å². The number of benzene rings is 1. The van der Waals surface area contributed by atoms with Crippen LogP contribution in [0, 0.1) is 6.92 Å². The molecule has 0 N–H and O–H groups in total. The highest BCUT2D eigenvalue weighted by Crippen LogP contribution is 2.16. The molecule has 2 amide bonds. The number of hydrogen-bond donors (Lipinski definition) is 0. The molecule has 27 heavy (non-hydrogen) atoms. The molecule has 1 aliphatic rings. The maximum atomic E-state index is 12.4. The number of hydrogen-bond acceptors (Lipinski definition) is 4. The van der Waals surface area contributed by atoms with Crippen LogP contribution in [0.3, 0.4) is 0 Å². The quantitative estimate of drug-likeness (QED) is 0.736. The summed E-state index contributed by atoms with van der Waals surface area (Å²) in [6.45, 7) is 4.81. The lowest BCUT2D eigenvalue weighted by molar-refractivity contribution is -0.132. The Labute approximate surface area is 159 Å². The SMILES string of the molecule is Cc1ccccc1OCCCC(=O)N1CCN(C(=O)c2ccncc2)CC1. The van der Waals surface area contributed by atoms with Gasteiger partial charge in [0.25, 0.3) is 5.91 Å². The molecule has 1 saturated heterocycles. The molecule has 0 unspecified atom stereocenters. The summed E-state index contributed by atoms with van der Waals surface area (Å²) in [6, 6.07) is 11.3. The highest BCUT2D eigenvalue weighted by atomic mass is 16.5. The Morgan fingerprint density at radius 3 is 2.37 bits per heavy atom. The topological polar surface area (TPSA) is 62.7 Å². The van der Waals surface area contributed by atoms with E-state index in [4.69, 9.17) is 4.74 Å². The van der Waals surface area contributed by atoms with E-state index in [9.17, 15) is 9.59 Å². The number of nitrogens with zero attached hydrogens (tertiary/aromatic N) is 3. The van der Waals surface area contributed by atoms with Crippen molar-refractivity contribution in [3.63, 3.8) is 0 Å². The standard InChI is InChI=1S/C21H25N3O3/c1-17-5-2-3-6-19(17)27-16-4-7-20(25)23-12-14-24(15-13-23)21(26)18-8-10-22-11-9-18/h2-3,5-6,8-11H,4,7,12-16H2,1H3. The Kier molecular flexibility index (Phi) is 6.41. The summed E-state index contributed by atoms with van der Waals surface area (Å²) in [5.41, 5.74) is 1.73. The monoisotopic (exact) mass is 367 g/mol. The fraction of sp³-hybridized carbons (Fsp3) is 0.381. The van der Waals surface area contributed by atoms with Crippen LogP contribution in [0.2, 0.25) is 0 Å². The molecule has 3 rings (SSSR count). The van der Waals surface area contributed by atoms with Crippen molar-refractivity contribution < 1.29 is 14.3 Å². The summed E-state index contributed by atoms with van der Waals surface area (Å²) in [5, 5.41) is 0. The van der Waals surface area contributed by atoms with Gasteiger partial charge in [-0.2, -0.15) is 0 Å². The van der Waals surface area contributed by atoms with Crippen molar-refractivity contribution in [3.8, 4) is 5.75 Å². The van der Waals surface area contributed by atoms with E-state index in [1.807, 2.05) is 36.1 Å². The largest absolute Gasteiger partial charge is 0.493 e. The number of aryl methyl sites for hydroxylation is 1. The lowest BCUT2D eigenvalue weighted by Gasteiger charge is -2.34. The summed E-state index contributed by atoms with van der Waals surface area (Å²) in [5.74, 6) is 0.990. The number of carbonyl (C=O) groups is 2. The van der Waals surface area contributed by atoms with Crippen molar-refractivity contribution in [1.29, 1.82) is 0 Å². The first-order chi connectivity index (χ1) is 13.1. The van der Waals surface area contributed by atoms with Gasteiger partial charge in [0.15, 0.2) is 0 Å². The third-order valence-corrected chi connectivity index (χ3v) is 4.73. The van der Waals surface area contributed by atoms with Crippen molar-refractivity contribution in [3.05, 3.63) is 59.9 Å². The molecule has 6 nitrogen and oxygen atoms in total. The van der Waals surface area contributed by atoms with Gasteiger partial charge in [0, 0.05) is 50.6 Å². The number of rotatable bonds is 6. The molecule has 0 saturated carbocycles. The van der Waals surface area contributed by atoms with Crippen LogP contribution < -0.4 is 4.74 Å². The summed E-state index contributed by atoms with van der Waals surface area (Å²) in [7, 11) is 0. The van der Waals surface area contributed by atoms with E-state index in [1.54, 1.807) is 29.4 Å². The molecule has 2 aromatic rings. The first-order valence-electron chi connectivity index (χ1n) is 9.30. The summed E-state index contributed by atoms with van der Waals surface area (Å²) < 4.78 is 5.74. The Morgan fingerprint density at radius 2 is 1.67 bits per heavy atom. The lowest BCUT2D eigenvalue weighted by atomic mass is 10.2. The molecule has 0 aliphatic carbocycles. The van der Waals surface area contributed by atoms with Crippen LogP contribution in [0.5, 0.6) is 5.75 Å². The molecule has 1 aromatic carbocycles. The Morgan fingerprint density at radius 1 is 1.00 bits per heavy atom. The van der Waals surface area contributed by atoms with Crippen LogP contribution in [-0.2, 0) is 4.79 Å². The molecular weight excluding hydrogens is 342 g/mol. The third-order valence-electron chi connectivity index (χ3n) is 4.73. The molecule has 1 aliphatic heterocycles. The lowest BCUT2D eigenvalue weighted by Crippen LogP contribution is -2.50. The predicted molar refractivity (Wildman–Crippen MR) is 103 cm³/mol. The number of piperazine rings is 1. The van der Waals surface area contributed by atoms with E-state index in [1.165, 1.54) is 0 Å². The highest BCUT2D eigenvalue weighted by Gasteiger charge is 2.24. The van der Waals surface area contributed by atoms with E-state index in [0.717, 1.165) is 11.3 Å². The van der Waals surface area contributed by atoms with Crippen molar-refractivity contribution >= 4 is 11.8 Å². The second-order valence-corrected chi connectivity index (χ2v) is 6.63. The van der Waals surface area contributed by atoms with Crippen LogP contribution >= 0.6 is 0 Å². The van der Waals surface area contributed by atoms with Crippen LogP contribution in [0.25, 0.3) is 0 Å². The predicted octanol–water partition coefficient (Wildman–Crippen LogP) is 2.53. The average Bonchev–Trinajstić information content (AvgIpc) is 2.72. The molecule has 0 radical (unpaired) electrons. The fourth-order valence-corrected chi connectivity index (χ4v) is 3.12. The first-order valence-corrected chi connectivity index (χ1v) is 9.30. The maximum absolute atomic E-state index is 12.4. The van der Waals surface area contributed by atoms with Gasteiger partial charge in [0.2, 0.25) is 5.91 Å². The van der Waals surface area contributed by atoms with Gasteiger partial charge in [-0.05, 0) is 37.1 Å². The Balaban J connectivity index is 1.38. The van der Waals surface area contributed by atoms with Gasteiger partial charge >= 0.3 is 0 Å². The van der Waals surface area contributed by atoms with Crippen LogP contribution in [0.15, 0.2) is 48.8 Å². The maximum Gasteiger partial charge on any atom is 0.254 e. The minimum atomic E-state index is -0.00358. The van der Waals surface area contributed by atoms with E-state index in [0.29, 0.717) is 51.2 Å². The Bertz CT molecular complexity index is 771. The molecule has 1 aromatic heterocycles. The van der Waals surface area contributed by atoms with Crippen LogP contribution in [0.4, 0.5) is 0 Å². The van der Waals surface area contributed by atoms with Crippen LogP contribution in [0.1, 0.15) is 28.8 Å². The zero-order valence-corrected chi connectivity index (χ0v) is 15.6. The summed E-state index contributed by atoms with van der Waals surface area (Å²) >= 11 is 0. The molecule has 0 bridgehead atoms. The Hall–Kier alpha value is -2.89. The molecule has 0 spiro atoms. The average molecular weight is 367 g/mol. The number of aromatic nitrogens is 1. The van der Waals surface area contributed by atoms with E-state index in [2.05, 4.69) is 4.98 Å². The van der Waals surface area contributed by atoms with Crippen molar-refractivity contribution in [2.75, 3.05) is 32.8 Å². The molecule has 142 valence electrons. The summed E-state index contributed by atoms with van der Waals surface area (Å²) in [4.78, 5) is 32.4. The first kappa shape index (κ1) is 18.9. The normalized spacial score (nSPS) is 14.1. The van der Waals surface area contributed by atoms with Gasteiger partial charge in [-0.3, -0.25) is 14.6 Å². The number of pyridine rings is 1. The molecule has 1 fully saturated rings. The molecule has 2 heterocycles. The highest BCUT2D eigenvalue weighted by molar-refractivity contribution is 5.94. The molecular formula is C21H25N3O3. The smallest absolute Gasteiger partial charge is 0.254 e. The number of amides is 2. The molecule has 6 heteroatoms. The van der Waals surface area contributed by atoms with Gasteiger partial charge in [-0.15, -0.1) is 0 Å². The van der Waals surface area contributed by atoms with Crippen molar-refractivity contribution in [2.45, 2.75) is 19.8 Å². The second-order valence-electron chi connectivity index (χ2n) is 6.63. The number of ether oxygens (including phenoxy) is 1. The minimum Gasteiger partial charge on any atom is -0.493 e. The zero-order chi connectivity index (χ0) is 19.1. The summed E-state index contributed by atoms with van der Waals surface area (Å²) in [6.07, 6.45) is 4.38. The van der Waals surface area contributed by atoms with Gasteiger partial charge in [-0.1, -0.05) is 18.2 Å². The third kappa shape index (κ3) is 5.06. The van der Waals surface area contributed by atoms with Crippen molar-refractivity contribution in [1.82, 2.24) is 14.8 Å². The zero-order valence-electron chi connectivity index (χ0n) is 15.6. The van der Waals surface area contributed by atoms with E-state index < -0.39 is 0 Å². The fourth-order valence-electron chi connectivity index (χ4n) is 3.12. The molecule has 0 atom stereocenters. The van der Waals surface area contributed by atoms with Crippen LogP contribution in [-0.4, -0.2) is 59.4 Å². The van der Waals surface area contributed by atoms with Crippen molar-refractivity contribution in [2.24, 2.45) is 0 Å². The number of carbonyl (C=O) groups excluding carboxylic acids is 2. The van der Waals surface area contributed by atoms with Gasteiger partial charge in [-0.25, -0.2) is 0 Å². The minimum absolute atomic E-state index is 0.00358.